The van der Waals surface area contributed by atoms with Crippen molar-refractivity contribution in [3.8, 4) is 0 Å². The molecule has 0 aliphatic carbocycles. The molecule has 106 valence electrons. The second kappa shape index (κ2) is 7.25. The quantitative estimate of drug-likeness (QED) is 0.813. The lowest BCUT2D eigenvalue weighted by molar-refractivity contribution is 0.776. The highest BCUT2D eigenvalue weighted by molar-refractivity contribution is 6.30. The molecule has 0 radical (unpaired) electrons. The molecule has 2 aromatic rings. The van der Waals surface area contributed by atoms with E-state index >= 15 is 0 Å². The summed E-state index contributed by atoms with van der Waals surface area (Å²) in [6.07, 6.45) is 4.38. The molecule has 20 heavy (non-hydrogen) atoms. The smallest absolute Gasteiger partial charge is 0.137 e. The average molecular weight is 290 g/mol. The largest absolute Gasteiger partial charge is 0.367 e. The van der Waals surface area contributed by atoms with Crippen molar-refractivity contribution in [3.05, 3.63) is 52.9 Å². The van der Waals surface area contributed by atoms with Crippen LogP contribution in [-0.2, 0) is 12.8 Å². The van der Waals surface area contributed by atoms with E-state index in [9.17, 15) is 0 Å². The highest BCUT2D eigenvalue weighted by atomic mass is 35.5. The van der Waals surface area contributed by atoms with Crippen LogP contribution in [0.25, 0.3) is 0 Å². The van der Waals surface area contributed by atoms with Gasteiger partial charge >= 0.3 is 0 Å². The van der Waals surface area contributed by atoms with Crippen LogP contribution in [0.3, 0.4) is 0 Å². The van der Waals surface area contributed by atoms with Gasteiger partial charge in [0.25, 0.3) is 0 Å². The molecule has 1 unspecified atom stereocenters. The van der Waals surface area contributed by atoms with Crippen molar-refractivity contribution < 1.29 is 0 Å². The van der Waals surface area contributed by atoms with Crippen LogP contribution in [0.4, 0.5) is 5.82 Å². The fraction of sp³-hybridized carbons (Fsp3) is 0.375. The van der Waals surface area contributed by atoms with Gasteiger partial charge in [-0.1, -0.05) is 55.3 Å². The molecule has 0 fully saturated rings. The van der Waals surface area contributed by atoms with Crippen molar-refractivity contribution >= 4 is 17.4 Å². The lowest BCUT2D eigenvalue weighted by atomic mass is 10.1. The number of benzene rings is 1. The summed E-state index contributed by atoms with van der Waals surface area (Å²) in [6.45, 7) is 4.28. The number of hydrogen-bond donors (Lipinski definition) is 1. The van der Waals surface area contributed by atoms with E-state index in [0.717, 1.165) is 30.6 Å². The van der Waals surface area contributed by atoms with E-state index in [2.05, 4.69) is 53.4 Å². The first-order chi connectivity index (χ1) is 9.70. The molecule has 1 aromatic carbocycles. The molecule has 1 N–H and O–H groups in total. The minimum atomic E-state index is 0.291. The van der Waals surface area contributed by atoms with Crippen LogP contribution in [-0.4, -0.2) is 16.0 Å². The predicted molar refractivity (Wildman–Crippen MR) is 84.3 cm³/mol. The van der Waals surface area contributed by atoms with Gasteiger partial charge in [-0.15, -0.1) is 0 Å². The number of hydrogen-bond acceptors (Lipinski definition) is 3. The van der Waals surface area contributed by atoms with Gasteiger partial charge in [-0.3, -0.25) is 0 Å². The first kappa shape index (κ1) is 14.8. The number of nitrogens with zero attached hydrogens (tertiary/aromatic N) is 2. The second-order valence-corrected chi connectivity index (χ2v) is 5.33. The molecule has 0 aliphatic rings. The number of nitrogens with one attached hydrogen (secondary N) is 1. The van der Waals surface area contributed by atoms with Gasteiger partial charge in [-0.25, -0.2) is 9.97 Å². The van der Waals surface area contributed by atoms with Crippen molar-refractivity contribution in [2.24, 2.45) is 0 Å². The molecule has 1 aromatic heterocycles. The molecule has 1 atom stereocenters. The molecule has 0 bridgehead atoms. The summed E-state index contributed by atoms with van der Waals surface area (Å²) in [7, 11) is 0. The van der Waals surface area contributed by atoms with Gasteiger partial charge in [0, 0.05) is 11.6 Å². The summed E-state index contributed by atoms with van der Waals surface area (Å²) in [4.78, 5) is 8.40. The van der Waals surface area contributed by atoms with Gasteiger partial charge in [0.05, 0.1) is 0 Å². The maximum atomic E-state index is 6.16. The molecule has 0 spiro atoms. The van der Waals surface area contributed by atoms with E-state index in [0.29, 0.717) is 11.2 Å². The van der Waals surface area contributed by atoms with Gasteiger partial charge in [-0.05, 0) is 25.3 Å². The minimum absolute atomic E-state index is 0.291. The standard InChI is InChI=1S/C16H20ClN3/c1-3-7-14-15(17)18-11-19-16(14)20-12(2)10-13-8-5-4-6-9-13/h4-6,8-9,11-12H,3,7,10H2,1-2H3,(H,18,19,20). The fourth-order valence-electron chi connectivity index (χ4n) is 2.24. The SMILES string of the molecule is CCCc1c(Cl)ncnc1NC(C)Cc1ccccc1. The van der Waals surface area contributed by atoms with Crippen LogP contribution >= 0.6 is 11.6 Å². The van der Waals surface area contributed by atoms with Crippen LogP contribution in [0, 0.1) is 0 Å². The lowest BCUT2D eigenvalue weighted by Crippen LogP contribution is -2.20. The predicted octanol–water partition coefficient (Wildman–Crippen LogP) is 4.13. The van der Waals surface area contributed by atoms with Crippen molar-refractivity contribution in [1.82, 2.24) is 9.97 Å². The summed E-state index contributed by atoms with van der Waals surface area (Å²) >= 11 is 6.16. The van der Waals surface area contributed by atoms with Crippen LogP contribution in [0.5, 0.6) is 0 Å². The van der Waals surface area contributed by atoms with Gasteiger partial charge in [0.2, 0.25) is 0 Å². The average Bonchev–Trinajstić information content (AvgIpc) is 2.44. The Hall–Kier alpha value is -1.61. The zero-order chi connectivity index (χ0) is 14.4. The summed E-state index contributed by atoms with van der Waals surface area (Å²) < 4.78 is 0. The zero-order valence-corrected chi connectivity index (χ0v) is 12.7. The van der Waals surface area contributed by atoms with E-state index in [-0.39, 0.29) is 0 Å². The lowest BCUT2D eigenvalue weighted by Gasteiger charge is -2.17. The molecule has 4 heteroatoms. The fourth-order valence-corrected chi connectivity index (χ4v) is 2.47. The summed E-state index contributed by atoms with van der Waals surface area (Å²) in [5.41, 5.74) is 2.32. The van der Waals surface area contributed by atoms with Crippen molar-refractivity contribution in [3.63, 3.8) is 0 Å². The normalized spacial score (nSPS) is 12.2. The highest BCUT2D eigenvalue weighted by Crippen LogP contribution is 2.22. The Morgan fingerprint density at radius 3 is 2.65 bits per heavy atom. The third-order valence-electron chi connectivity index (χ3n) is 3.16. The Kier molecular flexibility index (Phi) is 5.36. The van der Waals surface area contributed by atoms with Crippen LogP contribution in [0.2, 0.25) is 5.15 Å². The molecule has 0 saturated heterocycles. The second-order valence-electron chi connectivity index (χ2n) is 4.98. The van der Waals surface area contributed by atoms with Crippen molar-refractivity contribution in [2.75, 3.05) is 5.32 Å². The Labute approximate surface area is 125 Å². The molecule has 3 nitrogen and oxygen atoms in total. The van der Waals surface area contributed by atoms with E-state index in [1.165, 1.54) is 11.9 Å². The number of rotatable bonds is 6. The monoisotopic (exact) mass is 289 g/mol. The molecule has 1 heterocycles. The van der Waals surface area contributed by atoms with Crippen LogP contribution < -0.4 is 5.32 Å². The molecule has 0 aliphatic heterocycles. The molecule has 0 saturated carbocycles. The highest BCUT2D eigenvalue weighted by Gasteiger charge is 2.11. The van der Waals surface area contributed by atoms with Crippen molar-refractivity contribution in [1.29, 1.82) is 0 Å². The number of anilines is 1. The zero-order valence-electron chi connectivity index (χ0n) is 11.9. The molecular weight excluding hydrogens is 270 g/mol. The van der Waals surface area contributed by atoms with Gasteiger partial charge in [-0.2, -0.15) is 0 Å². The van der Waals surface area contributed by atoms with E-state index in [1.807, 2.05) is 6.07 Å². The summed E-state index contributed by atoms with van der Waals surface area (Å²) in [5, 5.41) is 4.00. The van der Waals surface area contributed by atoms with E-state index in [1.54, 1.807) is 0 Å². The number of aromatic nitrogens is 2. The van der Waals surface area contributed by atoms with Crippen LogP contribution in [0.1, 0.15) is 31.4 Å². The third kappa shape index (κ3) is 3.94. The van der Waals surface area contributed by atoms with E-state index < -0.39 is 0 Å². The Balaban J connectivity index is 2.07. The number of halogens is 1. The van der Waals surface area contributed by atoms with Gasteiger partial charge in [0.15, 0.2) is 0 Å². The molecular formula is C16H20ClN3. The molecule has 2 rings (SSSR count). The van der Waals surface area contributed by atoms with E-state index in [4.69, 9.17) is 11.6 Å². The topological polar surface area (TPSA) is 37.8 Å². The third-order valence-corrected chi connectivity index (χ3v) is 3.49. The molecule has 0 amide bonds. The maximum absolute atomic E-state index is 6.16. The van der Waals surface area contributed by atoms with Crippen molar-refractivity contribution in [2.45, 2.75) is 39.2 Å². The minimum Gasteiger partial charge on any atom is -0.367 e. The maximum Gasteiger partial charge on any atom is 0.137 e. The Morgan fingerprint density at radius 2 is 1.95 bits per heavy atom. The summed E-state index contributed by atoms with van der Waals surface area (Å²) in [6, 6.07) is 10.7. The first-order valence-corrected chi connectivity index (χ1v) is 7.38. The Morgan fingerprint density at radius 1 is 1.20 bits per heavy atom. The van der Waals surface area contributed by atoms with Gasteiger partial charge < -0.3 is 5.32 Å². The Bertz CT molecular complexity index is 543. The van der Waals surface area contributed by atoms with Gasteiger partial charge in [0.1, 0.15) is 17.3 Å². The van der Waals surface area contributed by atoms with Crippen LogP contribution in [0.15, 0.2) is 36.7 Å². The first-order valence-electron chi connectivity index (χ1n) is 7.00. The summed E-state index contributed by atoms with van der Waals surface area (Å²) in [5.74, 6) is 0.857.